The zero-order valence-corrected chi connectivity index (χ0v) is 12.3. The first-order valence-corrected chi connectivity index (χ1v) is 7.27. The number of hydrogen-bond acceptors (Lipinski definition) is 4. The summed E-state index contributed by atoms with van der Waals surface area (Å²) in [6.07, 6.45) is 0. The van der Waals surface area contributed by atoms with E-state index < -0.39 is 0 Å². The molecule has 2 aromatic carbocycles. The highest BCUT2D eigenvalue weighted by atomic mass is 32.2. The van der Waals surface area contributed by atoms with Crippen molar-refractivity contribution in [3.63, 3.8) is 0 Å². The number of thioether (sulfide) groups is 1. The van der Waals surface area contributed by atoms with Crippen LogP contribution >= 0.6 is 11.8 Å². The summed E-state index contributed by atoms with van der Waals surface area (Å²) >= 11 is 1.46. The van der Waals surface area contributed by atoms with Gasteiger partial charge in [-0.1, -0.05) is 18.2 Å². The summed E-state index contributed by atoms with van der Waals surface area (Å²) in [5.41, 5.74) is 1.05. The van der Waals surface area contributed by atoms with Crippen molar-refractivity contribution < 1.29 is 9.53 Å². The van der Waals surface area contributed by atoms with Crippen LogP contribution in [0.2, 0.25) is 0 Å². The van der Waals surface area contributed by atoms with E-state index in [0.29, 0.717) is 22.8 Å². The van der Waals surface area contributed by atoms with Crippen molar-refractivity contribution in [2.75, 3.05) is 18.2 Å². The fraction of sp³-hybridized carbons (Fsp3) is 0.125. The van der Waals surface area contributed by atoms with Crippen LogP contribution in [0, 0.1) is 11.3 Å². The first-order chi connectivity index (χ1) is 10.2. The van der Waals surface area contributed by atoms with Gasteiger partial charge in [0, 0.05) is 11.0 Å². The van der Waals surface area contributed by atoms with Crippen LogP contribution in [-0.4, -0.2) is 18.8 Å². The molecular formula is C16H14N2O2S. The van der Waals surface area contributed by atoms with Gasteiger partial charge in [0.2, 0.25) is 5.91 Å². The molecule has 5 heteroatoms. The first kappa shape index (κ1) is 14.9. The number of hydrogen-bond donors (Lipinski definition) is 1. The molecule has 0 aliphatic rings. The number of benzene rings is 2. The van der Waals surface area contributed by atoms with Crippen LogP contribution in [0.15, 0.2) is 53.4 Å². The maximum Gasteiger partial charge on any atom is 0.234 e. The zero-order chi connectivity index (χ0) is 15.1. The van der Waals surface area contributed by atoms with E-state index in [4.69, 9.17) is 10.00 Å². The predicted octanol–water partition coefficient (Wildman–Crippen LogP) is 3.30. The number of anilines is 1. The predicted molar refractivity (Wildman–Crippen MR) is 83.5 cm³/mol. The van der Waals surface area contributed by atoms with Crippen molar-refractivity contribution in [3.05, 3.63) is 54.1 Å². The molecule has 0 fully saturated rings. The highest BCUT2D eigenvalue weighted by Gasteiger charge is 2.09. The molecule has 0 aliphatic heterocycles. The number of amides is 1. The lowest BCUT2D eigenvalue weighted by atomic mass is 10.2. The molecule has 0 aliphatic carbocycles. The molecule has 0 bridgehead atoms. The smallest absolute Gasteiger partial charge is 0.234 e. The van der Waals surface area contributed by atoms with Crippen molar-refractivity contribution in [1.82, 2.24) is 0 Å². The Morgan fingerprint density at radius 3 is 2.71 bits per heavy atom. The molecule has 1 N–H and O–H groups in total. The highest BCUT2D eigenvalue weighted by molar-refractivity contribution is 8.00. The van der Waals surface area contributed by atoms with Crippen molar-refractivity contribution in [1.29, 1.82) is 5.26 Å². The van der Waals surface area contributed by atoms with Gasteiger partial charge < -0.3 is 10.1 Å². The Kier molecular flexibility index (Phi) is 5.24. The molecule has 0 saturated carbocycles. The Labute approximate surface area is 127 Å². The molecule has 1 amide bonds. The van der Waals surface area contributed by atoms with Gasteiger partial charge in [-0.15, -0.1) is 11.8 Å². The Hall–Kier alpha value is -2.45. The van der Waals surface area contributed by atoms with Crippen molar-refractivity contribution >= 4 is 23.4 Å². The van der Waals surface area contributed by atoms with Gasteiger partial charge >= 0.3 is 0 Å². The Morgan fingerprint density at radius 1 is 1.29 bits per heavy atom. The lowest BCUT2D eigenvalue weighted by Crippen LogP contribution is -2.14. The minimum atomic E-state index is -0.119. The van der Waals surface area contributed by atoms with E-state index in [2.05, 4.69) is 5.32 Å². The third kappa shape index (κ3) is 4.26. The van der Waals surface area contributed by atoms with Crippen LogP contribution in [0.25, 0.3) is 0 Å². The molecule has 0 spiro atoms. The Balaban J connectivity index is 1.98. The molecule has 21 heavy (non-hydrogen) atoms. The molecule has 2 rings (SSSR count). The lowest BCUT2D eigenvalue weighted by molar-refractivity contribution is -0.113. The van der Waals surface area contributed by atoms with Crippen LogP contribution in [0.1, 0.15) is 5.56 Å². The van der Waals surface area contributed by atoms with Gasteiger partial charge in [0.25, 0.3) is 0 Å². The molecule has 4 nitrogen and oxygen atoms in total. The number of ether oxygens (including phenoxy) is 1. The fourth-order valence-electron chi connectivity index (χ4n) is 1.72. The van der Waals surface area contributed by atoms with Crippen LogP contribution in [0.5, 0.6) is 5.75 Å². The summed E-state index contributed by atoms with van der Waals surface area (Å²) in [5, 5.41) is 11.6. The van der Waals surface area contributed by atoms with E-state index in [1.54, 1.807) is 18.2 Å². The molecule has 2 aromatic rings. The molecule has 0 unspecified atom stereocenters. The quantitative estimate of drug-likeness (QED) is 0.860. The minimum absolute atomic E-state index is 0.119. The SMILES string of the molecule is COc1cc(C#N)ccc1NC(=O)CSc1ccccc1. The van der Waals surface area contributed by atoms with Gasteiger partial charge in [0.15, 0.2) is 0 Å². The average molecular weight is 298 g/mol. The standard InChI is InChI=1S/C16H14N2O2S/c1-20-15-9-12(10-17)7-8-14(15)18-16(19)11-21-13-5-3-2-4-6-13/h2-9H,11H2,1H3,(H,18,19). The second-order valence-electron chi connectivity index (χ2n) is 4.18. The first-order valence-electron chi connectivity index (χ1n) is 6.29. The molecule has 0 radical (unpaired) electrons. The summed E-state index contributed by atoms with van der Waals surface area (Å²) < 4.78 is 5.18. The topological polar surface area (TPSA) is 62.1 Å². The molecular weight excluding hydrogens is 284 g/mol. The number of nitriles is 1. The summed E-state index contributed by atoms with van der Waals surface area (Å²) in [4.78, 5) is 13.0. The average Bonchev–Trinajstić information content (AvgIpc) is 2.54. The summed E-state index contributed by atoms with van der Waals surface area (Å²) in [6, 6.07) is 16.7. The second-order valence-corrected chi connectivity index (χ2v) is 5.23. The fourth-order valence-corrected chi connectivity index (χ4v) is 2.44. The monoisotopic (exact) mass is 298 g/mol. The van der Waals surface area contributed by atoms with Crippen LogP contribution in [0.3, 0.4) is 0 Å². The summed E-state index contributed by atoms with van der Waals surface area (Å²) in [5.74, 6) is 0.673. The lowest BCUT2D eigenvalue weighted by Gasteiger charge is -2.10. The third-order valence-electron chi connectivity index (χ3n) is 2.72. The Morgan fingerprint density at radius 2 is 2.05 bits per heavy atom. The van der Waals surface area contributed by atoms with Gasteiger partial charge in [0.05, 0.1) is 30.2 Å². The van der Waals surface area contributed by atoms with Gasteiger partial charge in [-0.3, -0.25) is 4.79 Å². The van der Waals surface area contributed by atoms with E-state index in [-0.39, 0.29) is 5.91 Å². The van der Waals surface area contributed by atoms with Gasteiger partial charge in [-0.05, 0) is 24.3 Å². The Bertz CT molecular complexity index is 666. The van der Waals surface area contributed by atoms with E-state index in [1.165, 1.54) is 18.9 Å². The number of carbonyl (C=O) groups excluding carboxylic acids is 1. The van der Waals surface area contributed by atoms with E-state index in [1.807, 2.05) is 36.4 Å². The van der Waals surface area contributed by atoms with Gasteiger partial charge in [-0.25, -0.2) is 0 Å². The van der Waals surface area contributed by atoms with Crippen LogP contribution < -0.4 is 10.1 Å². The van der Waals surface area contributed by atoms with Crippen molar-refractivity contribution in [2.24, 2.45) is 0 Å². The van der Waals surface area contributed by atoms with Crippen LogP contribution in [0.4, 0.5) is 5.69 Å². The number of methoxy groups -OCH3 is 1. The number of nitrogens with zero attached hydrogens (tertiary/aromatic N) is 1. The van der Waals surface area contributed by atoms with Crippen molar-refractivity contribution in [2.45, 2.75) is 4.90 Å². The van der Waals surface area contributed by atoms with Crippen LogP contribution in [-0.2, 0) is 4.79 Å². The summed E-state index contributed by atoms with van der Waals surface area (Å²) in [6.45, 7) is 0. The molecule has 0 heterocycles. The summed E-state index contributed by atoms with van der Waals surface area (Å²) in [7, 11) is 1.50. The van der Waals surface area contributed by atoms with Gasteiger partial charge in [-0.2, -0.15) is 5.26 Å². The molecule has 0 saturated heterocycles. The second kappa shape index (κ2) is 7.36. The normalized spacial score (nSPS) is 9.71. The largest absolute Gasteiger partial charge is 0.495 e. The zero-order valence-electron chi connectivity index (χ0n) is 11.5. The van der Waals surface area contributed by atoms with Gasteiger partial charge in [0.1, 0.15) is 5.75 Å². The molecule has 106 valence electrons. The van der Waals surface area contributed by atoms with E-state index in [0.717, 1.165) is 4.90 Å². The number of rotatable bonds is 5. The highest BCUT2D eigenvalue weighted by Crippen LogP contribution is 2.26. The maximum atomic E-state index is 12.0. The number of carbonyl (C=O) groups is 1. The minimum Gasteiger partial charge on any atom is -0.495 e. The van der Waals surface area contributed by atoms with E-state index in [9.17, 15) is 4.79 Å². The number of nitrogens with one attached hydrogen (secondary N) is 1. The maximum absolute atomic E-state index is 12.0. The third-order valence-corrected chi connectivity index (χ3v) is 3.73. The van der Waals surface area contributed by atoms with E-state index >= 15 is 0 Å². The molecule has 0 atom stereocenters. The van der Waals surface area contributed by atoms with Crippen molar-refractivity contribution in [3.8, 4) is 11.8 Å². The molecule has 0 aromatic heterocycles.